The van der Waals surface area contributed by atoms with E-state index in [4.69, 9.17) is 9.15 Å². The molecule has 4 rings (SSSR count). The largest absolute Gasteiger partial charge is 0.493 e. The van der Waals surface area contributed by atoms with Gasteiger partial charge in [-0.1, -0.05) is 30.3 Å². The van der Waals surface area contributed by atoms with E-state index in [1.54, 1.807) is 23.9 Å². The van der Waals surface area contributed by atoms with Gasteiger partial charge in [-0.3, -0.25) is 0 Å². The summed E-state index contributed by atoms with van der Waals surface area (Å²) < 4.78 is 14.3. The molecule has 2 heterocycles. The van der Waals surface area contributed by atoms with E-state index in [-0.39, 0.29) is 0 Å². The fourth-order valence-corrected chi connectivity index (χ4v) is 4.02. The molecular formula is C26H25BrN2O4. The minimum Gasteiger partial charge on any atom is -0.493 e. The van der Waals surface area contributed by atoms with Crippen molar-refractivity contribution in [1.82, 2.24) is 9.55 Å². The van der Waals surface area contributed by atoms with Crippen LogP contribution < -0.4 is 4.74 Å². The van der Waals surface area contributed by atoms with E-state index in [1.165, 1.54) is 0 Å². The van der Waals surface area contributed by atoms with E-state index in [1.807, 2.05) is 67.6 Å². The van der Waals surface area contributed by atoms with Gasteiger partial charge >= 0.3 is 5.97 Å². The third-order valence-corrected chi connectivity index (χ3v) is 6.15. The van der Waals surface area contributed by atoms with Gasteiger partial charge in [0.25, 0.3) is 0 Å². The topological polar surface area (TPSA) is 77.5 Å². The van der Waals surface area contributed by atoms with Gasteiger partial charge in [0.1, 0.15) is 17.0 Å². The summed E-state index contributed by atoms with van der Waals surface area (Å²) in [5.74, 6) is 1.24. The third-order valence-electron chi connectivity index (χ3n) is 5.68. The monoisotopic (exact) mass is 508 g/mol. The molecule has 2 aromatic carbocycles. The predicted molar refractivity (Wildman–Crippen MR) is 129 cm³/mol. The average Bonchev–Trinajstić information content (AvgIpc) is 3.41. The Labute approximate surface area is 201 Å². The fourth-order valence-electron chi connectivity index (χ4n) is 3.69. The number of benzene rings is 2. The maximum absolute atomic E-state index is 12.0. The van der Waals surface area contributed by atoms with Crippen LogP contribution in [0, 0.1) is 6.92 Å². The maximum Gasteiger partial charge on any atom is 0.329 e. The number of carboxylic acids is 1. The van der Waals surface area contributed by atoms with Gasteiger partial charge < -0.3 is 18.8 Å². The number of aliphatic carboxylic acids is 1. The molecule has 0 saturated carbocycles. The standard InChI is InChI=1S/C26H25BrN2O4/c1-18-23(28-24(33-18)20-6-4-3-5-7-20)13-15-32-22-10-8-19(9-11-22)16-26(2,25(30)31)29-14-12-21(27)17-29/h3-12,14,17H,13,15-16H2,1-2H3,(H,30,31). The highest BCUT2D eigenvalue weighted by Gasteiger charge is 2.35. The van der Waals surface area contributed by atoms with Crippen LogP contribution in [0.5, 0.6) is 5.75 Å². The highest BCUT2D eigenvalue weighted by atomic mass is 79.9. The molecule has 1 atom stereocenters. The Bertz CT molecular complexity index is 1230. The van der Waals surface area contributed by atoms with Gasteiger partial charge in [-0.25, -0.2) is 9.78 Å². The summed E-state index contributed by atoms with van der Waals surface area (Å²) in [4.78, 5) is 16.6. The minimum absolute atomic E-state index is 0.351. The first-order valence-electron chi connectivity index (χ1n) is 10.7. The number of aromatic nitrogens is 2. The van der Waals surface area contributed by atoms with Crippen molar-refractivity contribution in [3.8, 4) is 17.2 Å². The van der Waals surface area contributed by atoms with Crippen LogP contribution in [-0.4, -0.2) is 27.2 Å². The summed E-state index contributed by atoms with van der Waals surface area (Å²) in [5, 5.41) is 9.86. The molecule has 0 fully saturated rings. The van der Waals surface area contributed by atoms with Gasteiger partial charge in [-0.15, -0.1) is 0 Å². The Morgan fingerprint density at radius 3 is 2.52 bits per heavy atom. The van der Waals surface area contributed by atoms with Crippen LogP contribution in [0.2, 0.25) is 0 Å². The zero-order valence-electron chi connectivity index (χ0n) is 18.5. The fraction of sp³-hybridized carbons (Fsp3) is 0.231. The quantitative estimate of drug-likeness (QED) is 0.305. The van der Waals surface area contributed by atoms with Crippen molar-refractivity contribution < 1.29 is 19.1 Å². The van der Waals surface area contributed by atoms with Crippen LogP contribution in [-0.2, 0) is 23.2 Å². The lowest BCUT2D eigenvalue weighted by atomic mass is 9.92. The number of hydrogen-bond donors (Lipinski definition) is 1. The Hall–Kier alpha value is -3.32. The molecular weight excluding hydrogens is 484 g/mol. The van der Waals surface area contributed by atoms with Crippen molar-refractivity contribution in [1.29, 1.82) is 0 Å². The Morgan fingerprint density at radius 2 is 1.88 bits per heavy atom. The van der Waals surface area contributed by atoms with Crippen molar-refractivity contribution in [3.63, 3.8) is 0 Å². The molecule has 6 nitrogen and oxygen atoms in total. The van der Waals surface area contributed by atoms with Gasteiger partial charge in [0, 0.05) is 35.3 Å². The number of ether oxygens (including phenoxy) is 1. The molecule has 0 bridgehead atoms. The first-order valence-corrected chi connectivity index (χ1v) is 11.5. The number of carboxylic acid groups (broad SMARTS) is 1. The highest BCUT2D eigenvalue weighted by Crippen LogP contribution is 2.27. The Kier molecular flexibility index (Phi) is 6.70. The molecule has 7 heteroatoms. The number of nitrogens with zero attached hydrogens (tertiary/aromatic N) is 2. The summed E-state index contributed by atoms with van der Waals surface area (Å²) in [6, 6.07) is 19.2. The average molecular weight is 509 g/mol. The van der Waals surface area contributed by atoms with E-state index in [0.717, 1.165) is 32.8 Å². The highest BCUT2D eigenvalue weighted by molar-refractivity contribution is 9.10. The van der Waals surface area contributed by atoms with Crippen LogP contribution in [0.25, 0.3) is 11.5 Å². The van der Waals surface area contributed by atoms with Crippen LogP contribution in [0.1, 0.15) is 23.9 Å². The number of aryl methyl sites for hydroxylation is 1. The molecule has 1 N–H and O–H groups in total. The van der Waals surface area contributed by atoms with Crippen LogP contribution in [0.4, 0.5) is 0 Å². The zero-order valence-corrected chi connectivity index (χ0v) is 20.1. The minimum atomic E-state index is -1.09. The molecule has 0 spiro atoms. The Balaban J connectivity index is 1.36. The summed E-state index contributed by atoms with van der Waals surface area (Å²) in [7, 11) is 0. The van der Waals surface area contributed by atoms with Gasteiger partial charge in [-0.2, -0.15) is 0 Å². The molecule has 0 saturated heterocycles. The van der Waals surface area contributed by atoms with Crippen molar-refractivity contribution in [2.75, 3.05) is 6.61 Å². The van der Waals surface area contributed by atoms with Crippen molar-refractivity contribution in [2.24, 2.45) is 0 Å². The summed E-state index contributed by atoms with van der Waals surface area (Å²) in [5.41, 5.74) is 1.65. The van der Waals surface area contributed by atoms with Crippen molar-refractivity contribution >= 4 is 21.9 Å². The molecule has 0 aliphatic rings. The number of oxazole rings is 1. The van der Waals surface area contributed by atoms with Gasteiger partial charge in [0.2, 0.25) is 5.89 Å². The van der Waals surface area contributed by atoms with Crippen molar-refractivity contribution in [3.05, 3.63) is 94.5 Å². The molecule has 2 aromatic heterocycles. The van der Waals surface area contributed by atoms with E-state index in [0.29, 0.717) is 25.3 Å². The number of carbonyl (C=O) groups is 1. The van der Waals surface area contributed by atoms with E-state index < -0.39 is 11.5 Å². The van der Waals surface area contributed by atoms with E-state index >= 15 is 0 Å². The summed E-state index contributed by atoms with van der Waals surface area (Å²) in [6.07, 6.45) is 4.53. The molecule has 0 aliphatic heterocycles. The second-order valence-electron chi connectivity index (χ2n) is 8.12. The number of hydrogen-bond acceptors (Lipinski definition) is 4. The first kappa shape index (κ1) is 22.9. The van der Waals surface area contributed by atoms with Gasteiger partial charge in [0.05, 0.1) is 12.3 Å². The summed E-state index contributed by atoms with van der Waals surface area (Å²) in [6.45, 7) is 4.09. The Morgan fingerprint density at radius 1 is 1.15 bits per heavy atom. The van der Waals surface area contributed by atoms with E-state index in [2.05, 4.69) is 20.9 Å². The van der Waals surface area contributed by atoms with Gasteiger partial charge in [-0.05, 0) is 65.7 Å². The second-order valence-corrected chi connectivity index (χ2v) is 9.04. The second kappa shape index (κ2) is 9.67. The lowest BCUT2D eigenvalue weighted by molar-refractivity contribution is -0.146. The van der Waals surface area contributed by atoms with Crippen LogP contribution >= 0.6 is 15.9 Å². The molecule has 170 valence electrons. The number of halogens is 1. The summed E-state index contributed by atoms with van der Waals surface area (Å²) >= 11 is 3.39. The molecule has 4 aromatic rings. The number of rotatable bonds is 9. The van der Waals surface area contributed by atoms with Crippen LogP contribution in [0.3, 0.4) is 0 Å². The SMILES string of the molecule is Cc1oc(-c2ccccc2)nc1CCOc1ccc(CC(C)(C(=O)O)n2ccc(Br)c2)cc1. The predicted octanol–water partition coefficient (Wildman–Crippen LogP) is 5.88. The molecule has 1 unspecified atom stereocenters. The maximum atomic E-state index is 12.0. The van der Waals surface area contributed by atoms with Gasteiger partial charge in [0.15, 0.2) is 0 Å². The molecule has 0 aliphatic carbocycles. The third kappa shape index (κ3) is 5.20. The first-order chi connectivity index (χ1) is 15.8. The normalized spacial score (nSPS) is 12.9. The lowest BCUT2D eigenvalue weighted by Gasteiger charge is -2.27. The smallest absolute Gasteiger partial charge is 0.329 e. The van der Waals surface area contributed by atoms with Crippen molar-refractivity contribution in [2.45, 2.75) is 32.2 Å². The van der Waals surface area contributed by atoms with Crippen LogP contribution in [0.15, 0.2) is 81.9 Å². The molecule has 0 radical (unpaired) electrons. The lowest BCUT2D eigenvalue weighted by Crippen LogP contribution is -2.40. The molecule has 33 heavy (non-hydrogen) atoms. The molecule has 0 amide bonds. The van der Waals surface area contributed by atoms with E-state index in [9.17, 15) is 9.90 Å². The zero-order chi connectivity index (χ0) is 23.4.